The highest BCUT2D eigenvalue weighted by Gasteiger charge is 2.29. The molecule has 0 saturated carbocycles. The Morgan fingerprint density at radius 2 is 1.89 bits per heavy atom. The number of aromatic nitrogens is 2. The predicted octanol–water partition coefficient (Wildman–Crippen LogP) is 3.78. The van der Waals surface area contributed by atoms with E-state index in [0.717, 1.165) is 34.5 Å². The molecule has 0 radical (unpaired) electrons. The lowest BCUT2D eigenvalue weighted by Gasteiger charge is -2.31. The van der Waals surface area contributed by atoms with Crippen LogP contribution in [0.15, 0.2) is 59.9 Å². The number of carbonyl (C=O) groups is 2. The third kappa shape index (κ3) is 3.90. The van der Waals surface area contributed by atoms with E-state index in [1.807, 2.05) is 42.5 Å². The molecule has 0 atom stereocenters. The second-order valence-corrected chi connectivity index (χ2v) is 7.83. The highest BCUT2D eigenvalue weighted by Crippen LogP contribution is 2.26. The summed E-state index contributed by atoms with van der Waals surface area (Å²) in [6, 6.07) is 13.5. The molecule has 0 aliphatic carbocycles. The molecule has 1 saturated heterocycles. The number of para-hydroxylation sites is 1. The predicted molar refractivity (Wildman–Crippen MR) is 107 cm³/mol. The summed E-state index contributed by atoms with van der Waals surface area (Å²) in [4.78, 5) is 34.5. The minimum Gasteiger partial charge on any atom is -0.360 e. The number of ketones is 1. The Morgan fingerprint density at radius 3 is 2.67 bits per heavy atom. The standard InChI is InChI=1S/C21H21N3O2S/c25-20(17-13-23-18-6-2-1-5-16(17)18)21(26)24-11-8-15(9-12-24)14-27-19-7-3-4-10-22-19/h1-7,10,13,15,23H,8-9,11-12,14H2. The van der Waals surface area contributed by atoms with Crippen LogP contribution < -0.4 is 0 Å². The zero-order chi connectivity index (χ0) is 18.6. The van der Waals surface area contributed by atoms with Crippen molar-refractivity contribution in [2.24, 2.45) is 5.92 Å². The molecule has 0 spiro atoms. The summed E-state index contributed by atoms with van der Waals surface area (Å²) in [5.41, 5.74) is 1.34. The molecule has 1 aromatic carbocycles. The maximum absolute atomic E-state index is 12.7. The molecule has 6 heteroatoms. The zero-order valence-electron chi connectivity index (χ0n) is 14.9. The molecular formula is C21H21N3O2S. The van der Waals surface area contributed by atoms with Crippen LogP contribution in [0.5, 0.6) is 0 Å². The third-order valence-corrected chi connectivity index (χ3v) is 6.21. The lowest BCUT2D eigenvalue weighted by molar-refractivity contribution is -0.127. The van der Waals surface area contributed by atoms with Crippen molar-refractivity contribution in [1.82, 2.24) is 14.9 Å². The quantitative estimate of drug-likeness (QED) is 0.416. The minimum absolute atomic E-state index is 0.393. The molecule has 5 nitrogen and oxygen atoms in total. The summed E-state index contributed by atoms with van der Waals surface area (Å²) >= 11 is 1.76. The van der Waals surface area contributed by atoms with Gasteiger partial charge in [-0.15, -0.1) is 11.8 Å². The van der Waals surface area contributed by atoms with Crippen LogP contribution in [0.4, 0.5) is 0 Å². The second-order valence-electron chi connectivity index (χ2n) is 6.79. The van der Waals surface area contributed by atoms with E-state index in [1.165, 1.54) is 0 Å². The smallest absolute Gasteiger partial charge is 0.295 e. The first-order chi connectivity index (χ1) is 13.2. The molecule has 1 aliphatic rings. The number of Topliss-reactive ketones (excluding diaryl/α,β-unsaturated/α-hetero) is 1. The fourth-order valence-corrected chi connectivity index (χ4v) is 4.51. The molecule has 4 rings (SSSR count). The number of nitrogens with zero attached hydrogens (tertiary/aromatic N) is 2. The number of amides is 1. The molecule has 1 amide bonds. The van der Waals surface area contributed by atoms with Crippen LogP contribution in [-0.4, -0.2) is 45.4 Å². The second kappa shape index (κ2) is 7.96. The molecule has 0 bridgehead atoms. The van der Waals surface area contributed by atoms with Gasteiger partial charge < -0.3 is 9.88 Å². The number of aromatic amines is 1. The van der Waals surface area contributed by atoms with Crippen LogP contribution in [-0.2, 0) is 4.79 Å². The molecule has 1 aliphatic heterocycles. The first-order valence-corrected chi connectivity index (χ1v) is 10.1. The van der Waals surface area contributed by atoms with Gasteiger partial charge in [-0.1, -0.05) is 24.3 Å². The highest BCUT2D eigenvalue weighted by atomic mass is 32.2. The van der Waals surface area contributed by atoms with Gasteiger partial charge in [0, 0.05) is 42.1 Å². The summed E-state index contributed by atoms with van der Waals surface area (Å²) in [5.74, 6) is 0.726. The molecule has 0 unspecified atom stereocenters. The Balaban J connectivity index is 1.33. The number of thioether (sulfide) groups is 1. The van der Waals surface area contributed by atoms with Crippen LogP contribution in [0.2, 0.25) is 0 Å². The largest absolute Gasteiger partial charge is 0.360 e. The SMILES string of the molecule is O=C(C(=O)N1CCC(CSc2ccccn2)CC1)c1c[nH]c2ccccc12. The topological polar surface area (TPSA) is 66.1 Å². The highest BCUT2D eigenvalue weighted by molar-refractivity contribution is 7.99. The molecule has 3 heterocycles. The fourth-order valence-electron chi connectivity index (χ4n) is 3.46. The molecule has 2 aromatic heterocycles. The number of piperidine rings is 1. The van der Waals surface area contributed by atoms with Gasteiger partial charge in [0.05, 0.1) is 10.6 Å². The summed E-state index contributed by atoms with van der Waals surface area (Å²) in [5, 5.41) is 1.84. The van der Waals surface area contributed by atoms with Crippen molar-refractivity contribution in [3.8, 4) is 0 Å². The average Bonchev–Trinajstić information content (AvgIpc) is 3.16. The number of benzene rings is 1. The summed E-state index contributed by atoms with van der Waals surface area (Å²) in [6.07, 6.45) is 5.29. The maximum Gasteiger partial charge on any atom is 0.295 e. The lowest BCUT2D eigenvalue weighted by atomic mass is 9.98. The summed E-state index contributed by atoms with van der Waals surface area (Å²) in [6.45, 7) is 1.28. The lowest BCUT2D eigenvalue weighted by Crippen LogP contribution is -2.42. The van der Waals surface area contributed by atoms with Crippen LogP contribution >= 0.6 is 11.8 Å². The van der Waals surface area contributed by atoms with Crippen LogP contribution in [0.25, 0.3) is 10.9 Å². The number of likely N-dealkylation sites (tertiary alicyclic amines) is 1. The van der Waals surface area contributed by atoms with Gasteiger partial charge >= 0.3 is 0 Å². The van der Waals surface area contributed by atoms with E-state index in [9.17, 15) is 9.59 Å². The molecule has 1 N–H and O–H groups in total. The molecule has 138 valence electrons. The van der Waals surface area contributed by atoms with Gasteiger partial charge in [0.1, 0.15) is 0 Å². The minimum atomic E-state index is -0.422. The van der Waals surface area contributed by atoms with E-state index in [2.05, 4.69) is 9.97 Å². The van der Waals surface area contributed by atoms with E-state index < -0.39 is 11.7 Å². The van der Waals surface area contributed by atoms with Crippen LogP contribution in [0.3, 0.4) is 0 Å². The van der Waals surface area contributed by atoms with Gasteiger partial charge in [0.15, 0.2) is 0 Å². The van der Waals surface area contributed by atoms with Crippen molar-refractivity contribution in [3.63, 3.8) is 0 Å². The number of fused-ring (bicyclic) bond motifs is 1. The first kappa shape index (κ1) is 17.8. The molecule has 1 fully saturated rings. The van der Waals surface area contributed by atoms with Crippen molar-refractivity contribution in [2.75, 3.05) is 18.8 Å². The Bertz CT molecular complexity index is 946. The van der Waals surface area contributed by atoms with E-state index in [4.69, 9.17) is 0 Å². The van der Waals surface area contributed by atoms with Crippen molar-refractivity contribution in [2.45, 2.75) is 17.9 Å². The third-order valence-electron chi connectivity index (χ3n) is 5.03. The number of hydrogen-bond donors (Lipinski definition) is 1. The number of H-pyrrole nitrogens is 1. The molecular weight excluding hydrogens is 358 g/mol. The van der Waals surface area contributed by atoms with Crippen molar-refractivity contribution >= 4 is 34.4 Å². The van der Waals surface area contributed by atoms with Gasteiger partial charge in [-0.05, 0) is 37.0 Å². The number of rotatable bonds is 5. The molecule has 27 heavy (non-hydrogen) atoms. The Morgan fingerprint density at radius 1 is 1.11 bits per heavy atom. The Labute approximate surface area is 162 Å². The fraction of sp³-hybridized carbons (Fsp3) is 0.286. The van der Waals surface area contributed by atoms with Crippen molar-refractivity contribution < 1.29 is 9.59 Å². The summed E-state index contributed by atoms with van der Waals surface area (Å²) in [7, 11) is 0. The van der Waals surface area contributed by atoms with E-state index in [-0.39, 0.29) is 0 Å². The van der Waals surface area contributed by atoms with Gasteiger partial charge in [-0.2, -0.15) is 0 Å². The Hall–Kier alpha value is -2.60. The number of nitrogens with one attached hydrogen (secondary N) is 1. The monoisotopic (exact) mass is 379 g/mol. The summed E-state index contributed by atoms with van der Waals surface area (Å²) < 4.78 is 0. The zero-order valence-corrected chi connectivity index (χ0v) is 15.7. The first-order valence-electron chi connectivity index (χ1n) is 9.16. The van der Waals surface area contributed by atoms with E-state index in [1.54, 1.807) is 29.1 Å². The van der Waals surface area contributed by atoms with E-state index >= 15 is 0 Å². The van der Waals surface area contributed by atoms with Gasteiger partial charge in [-0.25, -0.2) is 4.98 Å². The van der Waals surface area contributed by atoms with Gasteiger partial charge in [-0.3, -0.25) is 9.59 Å². The van der Waals surface area contributed by atoms with Crippen molar-refractivity contribution in [3.05, 3.63) is 60.4 Å². The Kier molecular flexibility index (Phi) is 5.25. The van der Waals surface area contributed by atoms with Crippen molar-refractivity contribution in [1.29, 1.82) is 0 Å². The number of hydrogen-bond acceptors (Lipinski definition) is 4. The van der Waals surface area contributed by atoms with E-state index in [0.29, 0.717) is 24.6 Å². The van der Waals surface area contributed by atoms with Gasteiger partial charge in [0.25, 0.3) is 11.7 Å². The van der Waals surface area contributed by atoms with Crippen LogP contribution in [0, 0.1) is 5.92 Å². The number of carbonyl (C=O) groups excluding carboxylic acids is 2. The molecule has 3 aromatic rings. The average molecular weight is 379 g/mol. The number of pyridine rings is 1. The van der Waals surface area contributed by atoms with Crippen LogP contribution in [0.1, 0.15) is 23.2 Å². The normalized spacial score (nSPS) is 15.2. The van der Waals surface area contributed by atoms with Gasteiger partial charge in [0.2, 0.25) is 0 Å². The maximum atomic E-state index is 12.7.